The third-order valence-electron chi connectivity index (χ3n) is 3.86. The van der Waals surface area contributed by atoms with E-state index in [1.54, 1.807) is 30.6 Å². The van der Waals surface area contributed by atoms with Crippen LogP contribution in [0.4, 0.5) is 5.69 Å². The predicted molar refractivity (Wildman–Crippen MR) is 108 cm³/mol. The van der Waals surface area contributed by atoms with Crippen molar-refractivity contribution in [1.29, 1.82) is 0 Å². The van der Waals surface area contributed by atoms with E-state index in [0.29, 0.717) is 22.3 Å². The van der Waals surface area contributed by atoms with Crippen LogP contribution in [0.1, 0.15) is 5.56 Å². The van der Waals surface area contributed by atoms with Crippen molar-refractivity contribution in [2.45, 2.75) is 21.9 Å². The van der Waals surface area contributed by atoms with Gasteiger partial charge in [-0.05, 0) is 60.6 Å². The third kappa shape index (κ3) is 4.55. The number of aryl methyl sites for hydroxylation is 1. The average Bonchev–Trinajstić information content (AvgIpc) is 2.70. The lowest BCUT2D eigenvalue weighted by Gasteiger charge is -2.13. The zero-order valence-electron chi connectivity index (χ0n) is 15.5. The molecule has 1 heterocycles. The van der Waals surface area contributed by atoms with Crippen LogP contribution in [0.15, 0.2) is 69.8 Å². The Labute approximate surface area is 168 Å². The van der Waals surface area contributed by atoms with E-state index in [0.717, 1.165) is 10.5 Å². The topological polar surface area (TPSA) is 90.4 Å². The van der Waals surface area contributed by atoms with Crippen molar-refractivity contribution >= 4 is 27.5 Å². The predicted octanol–water partition coefficient (Wildman–Crippen LogP) is 3.75. The fraction of sp³-hybridized carbons (Fsp3) is 0.158. The van der Waals surface area contributed by atoms with Crippen molar-refractivity contribution in [3.63, 3.8) is 0 Å². The van der Waals surface area contributed by atoms with Crippen LogP contribution in [-0.4, -0.2) is 32.6 Å². The molecular weight excluding hydrogens is 398 g/mol. The number of ether oxygens (including phenoxy) is 2. The summed E-state index contributed by atoms with van der Waals surface area (Å²) in [6, 6.07) is 11.6. The monoisotopic (exact) mass is 417 g/mol. The fourth-order valence-corrected chi connectivity index (χ4v) is 4.40. The van der Waals surface area contributed by atoms with E-state index < -0.39 is 10.0 Å². The van der Waals surface area contributed by atoms with Crippen LogP contribution in [-0.2, 0) is 10.0 Å². The normalized spacial score (nSPS) is 11.1. The van der Waals surface area contributed by atoms with Gasteiger partial charge in [0.25, 0.3) is 10.0 Å². The quantitative estimate of drug-likeness (QED) is 0.586. The van der Waals surface area contributed by atoms with Gasteiger partial charge in [0.2, 0.25) is 0 Å². The molecule has 9 heteroatoms. The van der Waals surface area contributed by atoms with Crippen LogP contribution >= 0.6 is 11.8 Å². The first-order chi connectivity index (χ1) is 13.4. The Morgan fingerprint density at radius 1 is 0.964 bits per heavy atom. The van der Waals surface area contributed by atoms with Gasteiger partial charge in [-0.3, -0.25) is 4.72 Å². The first-order valence-electron chi connectivity index (χ1n) is 8.23. The lowest BCUT2D eigenvalue weighted by molar-refractivity contribution is 0.354. The molecule has 0 saturated heterocycles. The van der Waals surface area contributed by atoms with Crippen LogP contribution in [0.25, 0.3) is 0 Å². The Morgan fingerprint density at radius 2 is 1.68 bits per heavy atom. The largest absolute Gasteiger partial charge is 0.493 e. The second-order valence-electron chi connectivity index (χ2n) is 5.73. The molecule has 28 heavy (non-hydrogen) atoms. The summed E-state index contributed by atoms with van der Waals surface area (Å²) < 4.78 is 38.5. The van der Waals surface area contributed by atoms with Crippen LogP contribution in [0.3, 0.4) is 0 Å². The number of nitrogens with one attached hydrogen (secondary N) is 1. The van der Waals surface area contributed by atoms with Gasteiger partial charge < -0.3 is 9.47 Å². The van der Waals surface area contributed by atoms with Crippen LogP contribution < -0.4 is 14.2 Å². The van der Waals surface area contributed by atoms with Crippen molar-refractivity contribution in [2.75, 3.05) is 18.9 Å². The molecule has 0 aliphatic heterocycles. The molecule has 0 fully saturated rings. The number of sulfonamides is 1. The zero-order valence-corrected chi connectivity index (χ0v) is 17.2. The lowest BCUT2D eigenvalue weighted by atomic mass is 10.2. The smallest absolute Gasteiger partial charge is 0.262 e. The molecule has 0 aliphatic rings. The number of rotatable bonds is 7. The molecule has 0 spiro atoms. The third-order valence-corrected chi connectivity index (χ3v) is 6.10. The van der Waals surface area contributed by atoms with Crippen molar-refractivity contribution in [3.05, 3.63) is 60.4 Å². The summed E-state index contributed by atoms with van der Waals surface area (Å²) in [7, 11) is -0.831. The van der Waals surface area contributed by atoms with Crippen LogP contribution in [0.2, 0.25) is 0 Å². The van der Waals surface area contributed by atoms with E-state index in [9.17, 15) is 8.42 Å². The molecule has 0 bridgehead atoms. The maximum atomic E-state index is 12.8. The summed E-state index contributed by atoms with van der Waals surface area (Å²) in [5, 5.41) is 0.626. The molecule has 0 atom stereocenters. The number of aromatic nitrogens is 2. The fourth-order valence-electron chi connectivity index (χ4n) is 2.45. The highest BCUT2D eigenvalue weighted by molar-refractivity contribution is 7.99. The van der Waals surface area contributed by atoms with E-state index >= 15 is 0 Å². The Hall–Kier alpha value is -2.78. The van der Waals surface area contributed by atoms with E-state index in [-0.39, 0.29) is 4.90 Å². The summed E-state index contributed by atoms with van der Waals surface area (Å²) in [6.07, 6.45) is 3.35. The number of nitrogens with zero attached hydrogens (tertiary/aromatic N) is 2. The molecule has 0 amide bonds. The Morgan fingerprint density at radius 3 is 2.32 bits per heavy atom. The van der Waals surface area contributed by atoms with Gasteiger partial charge in [0.05, 0.1) is 24.8 Å². The van der Waals surface area contributed by atoms with Crippen molar-refractivity contribution in [1.82, 2.24) is 9.97 Å². The van der Waals surface area contributed by atoms with Crippen LogP contribution in [0, 0.1) is 6.92 Å². The average molecular weight is 418 g/mol. The highest BCUT2D eigenvalue weighted by Crippen LogP contribution is 2.32. The molecule has 0 saturated carbocycles. The minimum absolute atomic E-state index is 0.0840. The molecule has 1 N–H and O–H groups in total. The van der Waals surface area contributed by atoms with Gasteiger partial charge in [0, 0.05) is 23.4 Å². The summed E-state index contributed by atoms with van der Waals surface area (Å²) in [5.41, 5.74) is 1.28. The number of hydrogen-bond donors (Lipinski definition) is 1. The first kappa shape index (κ1) is 20.0. The molecular formula is C19H19N3O4S2. The maximum absolute atomic E-state index is 12.8. The SMILES string of the molecule is COc1ccc(S(=O)(=O)Nc2ccc(Sc3ncccn3)cc2C)cc1OC. The second-order valence-corrected chi connectivity index (χ2v) is 8.46. The summed E-state index contributed by atoms with van der Waals surface area (Å²) >= 11 is 1.40. The Balaban J connectivity index is 1.82. The number of hydrogen-bond acceptors (Lipinski definition) is 7. The second kappa shape index (κ2) is 8.49. The van der Waals surface area contributed by atoms with Gasteiger partial charge >= 0.3 is 0 Å². The van der Waals surface area contributed by atoms with Gasteiger partial charge in [-0.25, -0.2) is 18.4 Å². The van der Waals surface area contributed by atoms with E-state index in [4.69, 9.17) is 9.47 Å². The van der Waals surface area contributed by atoms with Crippen LogP contribution in [0.5, 0.6) is 11.5 Å². The molecule has 2 aromatic carbocycles. The standard InChI is InChI=1S/C19H19N3O4S2/c1-13-11-14(27-19-20-9-4-10-21-19)5-7-16(13)22-28(23,24)15-6-8-17(25-2)18(12-15)26-3/h4-12,22H,1-3H3. The van der Waals surface area contributed by atoms with Gasteiger partial charge in [-0.1, -0.05) is 0 Å². The molecule has 3 rings (SSSR count). The maximum Gasteiger partial charge on any atom is 0.262 e. The molecule has 3 aromatic rings. The van der Waals surface area contributed by atoms with E-state index in [2.05, 4.69) is 14.7 Å². The number of anilines is 1. The number of benzene rings is 2. The van der Waals surface area contributed by atoms with Crippen molar-refractivity contribution in [2.24, 2.45) is 0 Å². The highest BCUT2D eigenvalue weighted by atomic mass is 32.2. The lowest BCUT2D eigenvalue weighted by Crippen LogP contribution is -2.14. The zero-order chi connectivity index (χ0) is 20.1. The Kier molecular flexibility index (Phi) is 6.05. The first-order valence-corrected chi connectivity index (χ1v) is 10.5. The summed E-state index contributed by atoms with van der Waals surface area (Å²) in [5.74, 6) is 0.804. The van der Waals surface area contributed by atoms with Gasteiger partial charge in [0.1, 0.15) is 0 Å². The highest BCUT2D eigenvalue weighted by Gasteiger charge is 2.18. The molecule has 0 unspecified atom stereocenters. The van der Waals surface area contributed by atoms with Crippen molar-refractivity contribution < 1.29 is 17.9 Å². The Bertz CT molecular complexity index is 1070. The molecule has 7 nitrogen and oxygen atoms in total. The van der Waals surface area contributed by atoms with Crippen molar-refractivity contribution in [3.8, 4) is 11.5 Å². The molecule has 0 aliphatic carbocycles. The van der Waals surface area contributed by atoms with Gasteiger partial charge in [0.15, 0.2) is 16.7 Å². The minimum Gasteiger partial charge on any atom is -0.493 e. The van der Waals surface area contributed by atoms with E-state index in [1.807, 2.05) is 19.1 Å². The summed E-state index contributed by atoms with van der Waals surface area (Å²) in [4.78, 5) is 9.35. The molecule has 146 valence electrons. The van der Waals surface area contributed by atoms with Gasteiger partial charge in [-0.2, -0.15) is 0 Å². The number of methoxy groups -OCH3 is 2. The van der Waals surface area contributed by atoms with Gasteiger partial charge in [-0.15, -0.1) is 0 Å². The summed E-state index contributed by atoms with van der Waals surface area (Å²) in [6.45, 7) is 1.84. The van der Waals surface area contributed by atoms with E-state index in [1.165, 1.54) is 38.1 Å². The molecule has 1 aromatic heterocycles. The molecule has 0 radical (unpaired) electrons. The minimum atomic E-state index is -3.78.